The lowest BCUT2D eigenvalue weighted by atomic mass is 10.1. The van der Waals surface area contributed by atoms with Crippen molar-refractivity contribution in [1.82, 2.24) is 0 Å². The molecule has 2 unspecified atom stereocenters. The van der Waals surface area contributed by atoms with Crippen molar-refractivity contribution >= 4 is 17.9 Å². The smallest absolute Gasteiger partial charge is 0.306 e. The molecular weight excluding hydrogens is 1080 g/mol. The molecular formula is C78H127NO8. The zero-order chi connectivity index (χ0) is 63.3. The third kappa shape index (κ3) is 68.3. The van der Waals surface area contributed by atoms with Crippen LogP contribution in [0.15, 0.2) is 158 Å². The number of carboxylic acids is 1. The second kappa shape index (κ2) is 66.9. The fourth-order valence-electron chi connectivity index (χ4n) is 8.98. The van der Waals surface area contributed by atoms with Crippen LogP contribution >= 0.6 is 0 Å². The van der Waals surface area contributed by atoms with Crippen LogP contribution in [0.4, 0.5) is 0 Å². The van der Waals surface area contributed by atoms with E-state index in [9.17, 15) is 19.5 Å². The van der Waals surface area contributed by atoms with Gasteiger partial charge in [0, 0.05) is 12.8 Å². The minimum atomic E-state index is -1.64. The summed E-state index contributed by atoms with van der Waals surface area (Å²) in [5.74, 6) is -2.32. The maximum Gasteiger partial charge on any atom is 0.306 e. The number of quaternary nitrogens is 1. The molecule has 0 saturated heterocycles. The van der Waals surface area contributed by atoms with Crippen molar-refractivity contribution in [3.63, 3.8) is 0 Å². The number of hydrogen-bond acceptors (Lipinski definition) is 8. The third-order valence-corrected chi connectivity index (χ3v) is 14.3. The molecule has 9 heteroatoms. The van der Waals surface area contributed by atoms with Gasteiger partial charge in [-0.1, -0.05) is 275 Å². The van der Waals surface area contributed by atoms with Crippen molar-refractivity contribution in [2.75, 3.05) is 47.5 Å². The molecule has 0 aromatic carbocycles. The first kappa shape index (κ1) is 81.9. The summed E-state index contributed by atoms with van der Waals surface area (Å²) < 4.78 is 22.8. The van der Waals surface area contributed by atoms with Crippen LogP contribution in [0.5, 0.6) is 0 Å². The van der Waals surface area contributed by atoms with Crippen LogP contribution in [-0.2, 0) is 33.3 Å². The molecule has 0 saturated carbocycles. The molecule has 0 spiro atoms. The Labute approximate surface area is 534 Å². The topological polar surface area (TPSA) is 111 Å². The normalized spacial score (nSPS) is 13.7. The lowest BCUT2D eigenvalue weighted by Crippen LogP contribution is -2.44. The summed E-state index contributed by atoms with van der Waals surface area (Å²) in [7, 11) is 5.91. The van der Waals surface area contributed by atoms with Crippen molar-refractivity contribution in [2.45, 2.75) is 270 Å². The standard InChI is InChI=1S/C78H127NO8/c1-6-8-10-12-14-16-18-20-22-24-26-28-30-31-32-33-34-35-36-37-38-39-40-41-42-43-44-45-47-49-51-53-55-57-59-61-63-65-67-69-76(81)87-74(73-86-78(77(82)83)84-71-70-79(3,4)5)72-85-75(80)68-66-64-62-60-58-56-54-52-50-48-46-29-27-25-23-21-19-17-15-13-11-9-7-2/h8,10,14,16,19-22,25-28,31-32,34-35,37-38,40-41,43-44,46-49,74,78H,6-7,9,11-13,15,17-18,23-24,29-30,33,36,39,42,45,50-73H2,1-5H3/b10-8-,16-14-,21-19-,22-20-,27-25-,28-26-,32-31-,35-34-,38-37-,41-40-,44-43-,48-46-,49-47-. The maximum absolute atomic E-state index is 12.9. The number of rotatable bonds is 62. The first-order valence-corrected chi connectivity index (χ1v) is 34.6. The lowest BCUT2D eigenvalue weighted by molar-refractivity contribution is -0.870. The number of hydrogen-bond donors (Lipinski definition) is 0. The number of esters is 2. The number of carbonyl (C=O) groups is 3. The van der Waals surface area contributed by atoms with Gasteiger partial charge in [-0.2, -0.15) is 0 Å². The maximum atomic E-state index is 12.9. The van der Waals surface area contributed by atoms with E-state index in [4.69, 9.17) is 18.9 Å². The zero-order valence-corrected chi connectivity index (χ0v) is 56.1. The van der Waals surface area contributed by atoms with Crippen molar-refractivity contribution in [1.29, 1.82) is 0 Å². The van der Waals surface area contributed by atoms with E-state index in [1.807, 2.05) is 21.1 Å². The van der Waals surface area contributed by atoms with E-state index in [2.05, 4.69) is 172 Å². The number of nitrogens with zero attached hydrogens (tertiary/aromatic N) is 1. The molecule has 0 heterocycles. The second-order valence-electron chi connectivity index (χ2n) is 23.7. The Morgan fingerprint density at radius 3 is 0.977 bits per heavy atom. The number of unbranched alkanes of at least 4 members (excludes halogenated alkanes) is 21. The van der Waals surface area contributed by atoms with Crippen LogP contribution < -0.4 is 5.11 Å². The monoisotopic (exact) mass is 1210 g/mol. The fraction of sp³-hybridized carbons (Fsp3) is 0.628. The average molecular weight is 1210 g/mol. The number of carbonyl (C=O) groups excluding carboxylic acids is 3. The van der Waals surface area contributed by atoms with Crippen LogP contribution in [0.2, 0.25) is 0 Å². The Hall–Kier alpha value is -5.09. The minimum absolute atomic E-state index is 0.137. The largest absolute Gasteiger partial charge is 0.545 e. The van der Waals surface area contributed by atoms with Gasteiger partial charge < -0.3 is 33.3 Å². The lowest BCUT2D eigenvalue weighted by Gasteiger charge is -2.26. The van der Waals surface area contributed by atoms with Crippen molar-refractivity contribution < 1.29 is 42.9 Å². The quantitative estimate of drug-likeness (QED) is 0.0195. The van der Waals surface area contributed by atoms with Crippen LogP contribution in [0.25, 0.3) is 0 Å². The molecule has 0 rings (SSSR count). The molecule has 0 fully saturated rings. The molecule has 0 aromatic rings. The van der Waals surface area contributed by atoms with E-state index in [1.54, 1.807) is 0 Å². The Morgan fingerprint density at radius 1 is 0.356 bits per heavy atom. The van der Waals surface area contributed by atoms with Gasteiger partial charge in [0.25, 0.3) is 0 Å². The first-order chi connectivity index (χ1) is 42.6. The molecule has 9 nitrogen and oxygen atoms in total. The van der Waals surface area contributed by atoms with Crippen molar-refractivity contribution in [2.24, 2.45) is 0 Å². The summed E-state index contributed by atoms with van der Waals surface area (Å²) >= 11 is 0. The van der Waals surface area contributed by atoms with Gasteiger partial charge in [0.05, 0.1) is 40.3 Å². The summed E-state index contributed by atoms with van der Waals surface area (Å²) in [5.41, 5.74) is 0. The Balaban J connectivity index is 4.21. The van der Waals surface area contributed by atoms with E-state index >= 15 is 0 Å². The van der Waals surface area contributed by atoms with Gasteiger partial charge in [-0.3, -0.25) is 9.59 Å². The van der Waals surface area contributed by atoms with Crippen molar-refractivity contribution in [3.05, 3.63) is 158 Å². The summed E-state index contributed by atoms with van der Waals surface area (Å²) in [6.45, 7) is 4.59. The molecule has 0 aliphatic heterocycles. The second-order valence-corrected chi connectivity index (χ2v) is 23.7. The van der Waals surface area contributed by atoms with Crippen LogP contribution in [0.3, 0.4) is 0 Å². The van der Waals surface area contributed by atoms with E-state index in [0.717, 1.165) is 135 Å². The molecule has 2 atom stereocenters. The molecule has 0 aliphatic carbocycles. The number of ether oxygens (including phenoxy) is 4. The number of allylic oxidation sites excluding steroid dienone is 26. The number of carboxylic acid groups (broad SMARTS) is 1. The summed E-state index contributed by atoms with van der Waals surface area (Å²) in [6.07, 6.45) is 95.9. The molecule has 0 bridgehead atoms. The van der Waals surface area contributed by atoms with Crippen molar-refractivity contribution in [3.8, 4) is 0 Å². The Morgan fingerprint density at radius 2 is 0.655 bits per heavy atom. The minimum Gasteiger partial charge on any atom is -0.545 e. The first-order valence-electron chi connectivity index (χ1n) is 34.6. The highest BCUT2D eigenvalue weighted by Crippen LogP contribution is 2.15. The molecule has 0 aliphatic rings. The molecule has 87 heavy (non-hydrogen) atoms. The average Bonchev–Trinajstić information content (AvgIpc) is 3.55. The molecule has 0 amide bonds. The van der Waals surface area contributed by atoms with E-state index in [0.29, 0.717) is 17.4 Å². The Bertz CT molecular complexity index is 1990. The molecule has 492 valence electrons. The van der Waals surface area contributed by atoms with Gasteiger partial charge in [-0.15, -0.1) is 0 Å². The van der Waals surface area contributed by atoms with Crippen LogP contribution in [0, 0.1) is 0 Å². The van der Waals surface area contributed by atoms with E-state index in [1.165, 1.54) is 89.9 Å². The number of aliphatic carboxylic acids is 1. The van der Waals surface area contributed by atoms with E-state index < -0.39 is 24.3 Å². The predicted octanol–water partition coefficient (Wildman–Crippen LogP) is 20.4. The van der Waals surface area contributed by atoms with Crippen LogP contribution in [0.1, 0.15) is 258 Å². The third-order valence-electron chi connectivity index (χ3n) is 14.3. The Kier molecular flexibility index (Phi) is 62.9. The summed E-state index contributed by atoms with van der Waals surface area (Å²) in [5, 5.41) is 11.8. The predicted molar refractivity (Wildman–Crippen MR) is 370 cm³/mol. The van der Waals surface area contributed by atoms with E-state index in [-0.39, 0.29) is 38.6 Å². The highest BCUT2D eigenvalue weighted by molar-refractivity contribution is 5.70. The fourth-order valence-corrected chi connectivity index (χ4v) is 8.98. The number of likely N-dealkylation sites (N-methyl/N-ethyl adjacent to an activating group) is 1. The highest BCUT2D eigenvalue weighted by Gasteiger charge is 2.22. The van der Waals surface area contributed by atoms with Gasteiger partial charge in [-0.05, 0) is 128 Å². The summed E-state index contributed by atoms with van der Waals surface area (Å²) in [6, 6.07) is 0. The highest BCUT2D eigenvalue weighted by atomic mass is 16.7. The van der Waals surface area contributed by atoms with Gasteiger partial charge in [0.1, 0.15) is 13.2 Å². The van der Waals surface area contributed by atoms with Crippen LogP contribution in [-0.4, -0.2) is 82.3 Å². The summed E-state index contributed by atoms with van der Waals surface area (Å²) in [4.78, 5) is 37.5. The molecule has 0 aromatic heterocycles. The zero-order valence-electron chi connectivity index (χ0n) is 56.1. The molecule has 0 N–H and O–H groups in total. The van der Waals surface area contributed by atoms with Gasteiger partial charge in [-0.25, -0.2) is 0 Å². The molecule has 0 radical (unpaired) electrons. The van der Waals surface area contributed by atoms with Gasteiger partial charge in [0.15, 0.2) is 12.4 Å². The SMILES string of the molecule is CC/C=C\C/C=C\C/C=C\C/C=C\C/C=C\C/C=C\C/C=C\C/C=C\C/C=C\C/C=C\CCCCCCCCCCC(=O)OC(COC(=O)CCCCCCCCCC/C=C\C/C=C\C/C=C\CCCCCCC)COC(OCC[N+](C)(C)C)C(=O)[O-]. The van der Waals surface area contributed by atoms with Gasteiger partial charge in [0.2, 0.25) is 0 Å². The van der Waals surface area contributed by atoms with Gasteiger partial charge >= 0.3 is 11.9 Å².